The Kier molecular flexibility index (Phi) is 4.60. The molecule has 30 heavy (non-hydrogen) atoms. The van der Waals surface area contributed by atoms with E-state index in [0.717, 1.165) is 31.2 Å². The van der Waals surface area contributed by atoms with Gasteiger partial charge in [-0.1, -0.05) is 25.0 Å². The Hall–Kier alpha value is -3.09. The lowest BCUT2D eigenvalue weighted by Gasteiger charge is -2.35. The molecule has 7 heteroatoms. The van der Waals surface area contributed by atoms with Gasteiger partial charge in [-0.2, -0.15) is 0 Å². The Morgan fingerprint density at radius 2 is 1.83 bits per heavy atom. The van der Waals surface area contributed by atoms with Crippen LogP contribution in [0.2, 0.25) is 0 Å². The summed E-state index contributed by atoms with van der Waals surface area (Å²) in [5, 5.41) is 5.92. The Labute approximate surface area is 173 Å². The van der Waals surface area contributed by atoms with Gasteiger partial charge in [-0.05, 0) is 48.2 Å². The summed E-state index contributed by atoms with van der Waals surface area (Å²) in [4.78, 5) is 25.5. The van der Waals surface area contributed by atoms with E-state index in [1.807, 2.05) is 18.2 Å². The zero-order valence-corrected chi connectivity index (χ0v) is 16.5. The van der Waals surface area contributed by atoms with Crippen molar-refractivity contribution >= 4 is 17.5 Å². The van der Waals surface area contributed by atoms with E-state index < -0.39 is 17.3 Å². The molecule has 2 N–H and O–H groups in total. The zero-order valence-electron chi connectivity index (χ0n) is 16.5. The summed E-state index contributed by atoms with van der Waals surface area (Å²) < 4.78 is 25.0. The quantitative estimate of drug-likeness (QED) is 0.811. The number of carbonyl (C=O) groups excluding carboxylic acids is 2. The van der Waals surface area contributed by atoms with E-state index in [1.54, 1.807) is 6.07 Å². The molecule has 2 aliphatic heterocycles. The van der Waals surface area contributed by atoms with Crippen LogP contribution in [0.15, 0.2) is 36.4 Å². The Morgan fingerprint density at radius 1 is 1.07 bits per heavy atom. The summed E-state index contributed by atoms with van der Waals surface area (Å²) in [6.07, 6.45) is 3.67. The number of rotatable bonds is 3. The standard InChI is InChI=1S/C23H23FN2O4/c24-15-4-5-16-17(13-21(27)25-18(16)12-15)22(28)26-23(7-1-2-8-23)14-3-6-19-20(11-14)30-10-9-29-19/h3-6,11-12,17H,1-2,7-10,13H2,(H,25,27)(H,26,28). The van der Waals surface area contributed by atoms with E-state index in [2.05, 4.69) is 10.6 Å². The van der Waals surface area contributed by atoms with E-state index in [1.165, 1.54) is 12.1 Å². The van der Waals surface area contributed by atoms with Crippen LogP contribution < -0.4 is 20.1 Å². The highest BCUT2D eigenvalue weighted by atomic mass is 19.1. The van der Waals surface area contributed by atoms with Crippen molar-refractivity contribution in [1.82, 2.24) is 5.32 Å². The zero-order chi connectivity index (χ0) is 20.7. The molecule has 1 saturated carbocycles. The largest absolute Gasteiger partial charge is 0.486 e. The van der Waals surface area contributed by atoms with Gasteiger partial charge < -0.3 is 20.1 Å². The first-order chi connectivity index (χ1) is 14.5. The molecule has 0 spiro atoms. The van der Waals surface area contributed by atoms with E-state index in [9.17, 15) is 14.0 Å². The van der Waals surface area contributed by atoms with Crippen LogP contribution in [0.1, 0.15) is 49.1 Å². The Balaban J connectivity index is 1.46. The monoisotopic (exact) mass is 410 g/mol. The maximum absolute atomic E-state index is 13.6. The van der Waals surface area contributed by atoms with Gasteiger partial charge in [0.25, 0.3) is 0 Å². The first kappa shape index (κ1) is 18.9. The van der Waals surface area contributed by atoms with Crippen molar-refractivity contribution in [3.05, 3.63) is 53.3 Å². The predicted molar refractivity (Wildman–Crippen MR) is 108 cm³/mol. The molecule has 3 aliphatic rings. The molecular weight excluding hydrogens is 387 g/mol. The highest BCUT2D eigenvalue weighted by molar-refractivity contribution is 6.01. The fraction of sp³-hybridized carbons (Fsp3) is 0.391. The van der Waals surface area contributed by atoms with Crippen molar-refractivity contribution in [3.63, 3.8) is 0 Å². The first-order valence-electron chi connectivity index (χ1n) is 10.4. The number of fused-ring (bicyclic) bond motifs is 2. The molecule has 2 heterocycles. The SMILES string of the molecule is O=C1CC(C(=O)NC2(c3ccc4c(c3)OCCO4)CCCC2)c2ccc(F)cc2N1. The highest BCUT2D eigenvalue weighted by Gasteiger charge is 2.41. The molecule has 0 bridgehead atoms. The first-order valence-corrected chi connectivity index (χ1v) is 10.4. The molecule has 1 unspecified atom stereocenters. The maximum atomic E-state index is 13.6. The molecule has 6 nitrogen and oxygen atoms in total. The minimum Gasteiger partial charge on any atom is -0.486 e. The second kappa shape index (κ2) is 7.31. The number of hydrogen-bond acceptors (Lipinski definition) is 4. The second-order valence-corrected chi connectivity index (χ2v) is 8.17. The molecule has 2 amide bonds. The van der Waals surface area contributed by atoms with Crippen LogP contribution in [0.5, 0.6) is 11.5 Å². The average molecular weight is 410 g/mol. The van der Waals surface area contributed by atoms with Gasteiger partial charge >= 0.3 is 0 Å². The van der Waals surface area contributed by atoms with Crippen molar-refractivity contribution < 1.29 is 23.5 Å². The lowest BCUT2D eigenvalue weighted by Crippen LogP contribution is -2.47. The second-order valence-electron chi connectivity index (χ2n) is 8.17. The van der Waals surface area contributed by atoms with Crippen molar-refractivity contribution in [3.8, 4) is 11.5 Å². The average Bonchev–Trinajstić information content (AvgIpc) is 3.22. The highest BCUT2D eigenvalue weighted by Crippen LogP contribution is 2.43. The molecule has 2 aromatic carbocycles. The number of amides is 2. The Morgan fingerprint density at radius 3 is 2.63 bits per heavy atom. The molecule has 1 fully saturated rings. The number of nitrogens with one attached hydrogen (secondary N) is 2. The third-order valence-electron chi connectivity index (χ3n) is 6.29. The predicted octanol–water partition coefficient (Wildman–Crippen LogP) is 3.61. The molecule has 5 rings (SSSR count). The van der Waals surface area contributed by atoms with Crippen LogP contribution in [0.25, 0.3) is 0 Å². The van der Waals surface area contributed by atoms with E-state index >= 15 is 0 Å². The van der Waals surface area contributed by atoms with Crippen LogP contribution in [0, 0.1) is 5.82 Å². The molecule has 0 saturated heterocycles. The van der Waals surface area contributed by atoms with Crippen LogP contribution in [-0.2, 0) is 15.1 Å². The van der Waals surface area contributed by atoms with Crippen molar-refractivity contribution in [2.24, 2.45) is 0 Å². The molecule has 1 aliphatic carbocycles. The normalized spacial score (nSPS) is 21.5. The van der Waals surface area contributed by atoms with Gasteiger partial charge in [-0.15, -0.1) is 0 Å². The molecule has 0 radical (unpaired) electrons. The van der Waals surface area contributed by atoms with Crippen LogP contribution in [-0.4, -0.2) is 25.0 Å². The molecule has 156 valence electrons. The topological polar surface area (TPSA) is 76.7 Å². The third kappa shape index (κ3) is 3.28. The fourth-order valence-corrected chi connectivity index (χ4v) is 4.80. The number of anilines is 1. The summed E-state index contributed by atoms with van der Waals surface area (Å²) in [6, 6.07) is 10.00. The van der Waals surface area contributed by atoms with E-state index in [4.69, 9.17) is 9.47 Å². The lowest BCUT2D eigenvalue weighted by atomic mass is 9.84. The minimum absolute atomic E-state index is 0.0433. The molecule has 0 aromatic heterocycles. The minimum atomic E-state index is -0.649. The van der Waals surface area contributed by atoms with Gasteiger partial charge in [-0.3, -0.25) is 9.59 Å². The Bertz CT molecular complexity index is 1020. The van der Waals surface area contributed by atoms with E-state index in [0.29, 0.717) is 36.0 Å². The summed E-state index contributed by atoms with van der Waals surface area (Å²) in [5.74, 6) is -0.188. The van der Waals surface area contributed by atoms with Gasteiger partial charge in [-0.25, -0.2) is 4.39 Å². The van der Waals surface area contributed by atoms with Gasteiger partial charge in [0, 0.05) is 12.1 Å². The number of ether oxygens (including phenoxy) is 2. The molecule has 2 aromatic rings. The van der Waals surface area contributed by atoms with Crippen LogP contribution in [0.4, 0.5) is 10.1 Å². The van der Waals surface area contributed by atoms with Crippen molar-refractivity contribution in [2.75, 3.05) is 18.5 Å². The molecular formula is C23H23FN2O4. The van der Waals surface area contributed by atoms with Crippen LogP contribution >= 0.6 is 0 Å². The van der Waals surface area contributed by atoms with Crippen molar-refractivity contribution in [1.29, 1.82) is 0 Å². The van der Waals surface area contributed by atoms with E-state index in [-0.39, 0.29) is 18.2 Å². The molecule has 1 atom stereocenters. The van der Waals surface area contributed by atoms with Gasteiger partial charge in [0.05, 0.1) is 11.5 Å². The van der Waals surface area contributed by atoms with Gasteiger partial charge in [0.15, 0.2) is 11.5 Å². The van der Waals surface area contributed by atoms with Crippen molar-refractivity contribution in [2.45, 2.75) is 43.6 Å². The number of hydrogen-bond donors (Lipinski definition) is 2. The number of halogens is 1. The third-order valence-corrected chi connectivity index (χ3v) is 6.29. The number of benzene rings is 2. The lowest BCUT2D eigenvalue weighted by molar-refractivity contribution is -0.128. The summed E-state index contributed by atoms with van der Waals surface area (Å²) in [5.41, 5.74) is 1.48. The van der Waals surface area contributed by atoms with Crippen LogP contribution in [0.3, 0.4) is 0 Å². The summed E-state index contributed by atoms with van der Waals surface area (Å²) >= 11 is 0. The fourth-order valence-electron chi connectivity index (χ4n) is 4.80. The van der Waals surface area contributed by atoms with Gasteiger partial charge in [0.2, 0.25) is 11.8 Å². The van der Waals surface area contributed by atoms with Gasteiger partial charge in [0.1, 0.15) is 19.0 Å². The number of carbonyl (C=O) groups is 2. The summed E-state index contributed by atoms with van der Waals surface area (Å²) in [6.45, 7) is 1.03. The summed E-state index contributed by atoms with van der Waals surface area (Å²) in [7, 11) is 0. The maximum Gasteiger partial charge on any atom is 0.228 e. The smallest absolute Gasteiger partial charge is 0.228 e.